The van der Waals surface area contributed by atoms with Gasteiger partial charge in [-0.05, 0) is 0 Å². The summed E-state index contributed by atoms with van der Waals surface area (Å²) in [4.78, 5) is 0. The number of hydrogen-bond acceptors (Lipinski definition) is 2. The summed E-state index contributed by atoms with van der Waals surface area (Å²) in [6.07, 6.45) is 4.95. The molecule has 0 aromatic rings. The maximum absolute atomic E-state index is 8.96. The van der Waals surface area contributed by atoms with Gasteiger partial charge in [0.2, 0.25) is 0 Å². The fourth-order valence-corrected chi connectivity index (χ4v) is 1.14. The summed E-state index contributed by atoms with van der Waals surface area (Å²) < 4.78 is 0. The lowest BCUT2D eigenvalue weighted by atomic mass is 10.1. The second-order valence-corrected chi connectivity index (χ2v) is 2.65. The van der Waals surface area contributed by atoms with Crippen LogP contribution in [-0.2, 0) is 0 Å². The number of thioether (sulfide) groups is 1. The quantitative estimate of drug-likeness (QED) is 0.451. The number of terminal acetylenes is 1. The van der Waals surface area contributed by atoms with Crippen molar-refractivity contribution in [3.05, 3.63) is 0 Å². The Morgan fingerprint density at radius 3 is 2.29 bits per heavy atom. The zero-order chi connectivity index (χ0) is 5.33. The Morgan fingerprint density at radius 2 is 2.29 bits per heavy atom. The summed E-state index contributed by atoms with van der Waals surface area (Å²) in [7, 11) is 0. The predicted octanol–water partition coefficient (Wildman–Crippen LogP) is 0.0975. The van der Waals surface area contributed by atoms with Gasteiger partial charge in [-0.1, -0.05) is 5.92 Å². The first-order valence-electron chi connectivity index (χ1n) is 2.05. The van der Waals surface area contributed by atoms with Crippen LogP contribution in [0, 0.1) is 12.3 Å². The van der Waals surface area contributed by atoms with Crippen molar-refractivity contribution in [2.45, 2.75) is 5.60 Å². The van der Waals surface area contributed by atoms with Gasteiger partial charge in [-0.15, -0.1) is 6.42 Å². The lowest BCUT2D eigenvalue weighted by Gasteiger charge is -2.29. The lowest BCUT2D eigenvalue weighted by Crippen LogP contribution is -2.41. The molecule has 7 heavy (non-hydrogen) atoms. The molecule has 0 aliphatic carbocycles. The van der Waals surface area contributed by atoms with E-state index in [4.69, 9.17) is 11.5 Å². The maximum Gasteiger partial charge on any atom is 0.143 e. The molecule has 0 radical (unpaired) electrons. The number of hydrogen-bond donors (Lipinski definition) is 1. The van der Waals surface area contributed by atoms with Gasteiger partial charge in [-0.25, -0.2) is 0 Å². The van der Waals surface area contributed by atoms with Crippen LogP contribution in [0.25, 0.3) is 0 Å². The zero-order valence-corrected chi connectivity index (χ0v) is 4.66. The van der Waals surface area contributed by atoms with E-state index >= 15 is 0 Å². The van der Waals surface area contributed by atoms with Crippen LogP contribution in [0.5, 0.6) is 0 Å². The molecule has 1 rings (SSSR count). The minimum absolute atomic E-state index is 0.712. The molecule has 1 nitrogen and oxygen atoms in total. The monoisotopic (exact) mass is 114 g/mol. The smallest absolute Gasteiger partial charge is 0.143 e. The van der Waals surface area contributed by atoms with Gasteiger partial charge in [0.25, 0.3) is 0 Å². The molecule has 1 saturated heterocycles. The molecule has 1 N–H and O–H groups in total. The first-order valence-corrected chi connectivity index (χ1v) is 3.20. The first-order chi connectivity index (χ1) is 3.27. The van der Waals surface area contributed by atoms with Crippen molar-refractivity contribution >= 4 is 11.8 Å². The van der Waals surface area contributed by atoms with Gasteiger partial charge in [0.05, 0.1) is 0 Å². The Labute approximate surface area is 47.1 Å². The second-order valence-electron chi connectivity index (χ2n) is 1.67. The highest BCUT2D eigenvalue weighted by molar-refractivity contribution is 8.00. The summed E-state index contributed by atoms with van der Waals surface area (Å²) in [5.41, 5.74) is -0.745. The molecule has 1 fully saturated rings. The molecular formula is C5H6OS. The van der Waals surface area contributed by atoms with E-state index in [1.165, 1.54) is 0 Å². The van der Waals surface area contributed by atoms with Crippen LogP contribution in [0.2, 0.25) is 0 Å². The average Bonchev–Trinajstić information content (AvgIpc) is 1.61. The number of aliphatic hydroxyl groups is 1. The third-order valence-electron chi connectivity index (χ3n) is 0.950. The first kappa shape index (κ1) is 5.02. The molecule has 2 heteroatoms. The highest BCUT2D eigenvalue weighted by atomic mass is 32.2. The van der Waals surface area contributed by atoms with E-state index in [0.29, 0.717) is 11.5 Å². The second kappa shape index (κ2) is 1.43. The van der Waals surface area contributed by atoms with Gasteiger partial charge in [0.1, 0.15) is 5.60 Å². The Bertz CT molecular complexity index is 110. The van der Waals surface area contributed by atoms with Crippen molar-refractivity contribution in [3.63, 3.8) is 0 Å². The van der Waals surface area contributed by atoms with Crippen LogP contribution >= 0.6 is 11.8 Å². The molecule has 0 amide bonds. The van der Waals surface area contributed by atoms with Crippen molar-refractivity contribution in [1.29, 1.82) is 0 Å². The van der Waals surface area contributed by atoms with E-state index in [1.807, 2.05) is 0 Å². The summed E-state index contributed by atoms with van der Waals surface area (Å²) in [6, 6.07) is 0. The minimum Gasteiger partial charge on any atom is -0.376 e. The van der Waals surface area contributed by atoms with Gasteiger partial charge < -0.3 is 5.11 Å². The summed E-state index contributed by atoms with van der Waals surface area (Å²) in [5, 5.41) is 8.96. The van der Waals surface area contributed by atoms with Gasteiger partial charge in [-0.2, -0.15) is 11.8 Å². The van der Waals surface area contributed by atoms with Crippen LogP contribution in [-0.4, -0.2) is 22.2 Å². The van der Waals surface area contributed by atoms with E-state index in [0.717, 1.165) is 0 Å². The molecule has 0 aromatic heterocycles. The fraction of sp³-hybridized carbons (Fsp3) is 0.600. The van der Waals surface area contributed by atoms with Crippen LogP contribution in [0.15, 0.2) is 0 Å². The molecule has 0 bridgehead atoms. The van der Waals surface area contributed by atoms with E-state index in [2.05, 4.69) is 5.92 Å². The highest BCUT2D eigenvalue weighted by Crippen LogP contribution is 2.27. The Balaban J connectivity index is 2.48. The molecule has 1 aliphatic heterocycles. The zero-order valence-electron chi connectivity index (χ0n) is 3.85. The Morgan fingerprint density at radius 1 is 1.71 bits per heavy atom. The summed E-state index contributed by atoms with van der Waals surface area (Å²) >= 11 is 1.68. The molecule has 0 unspecified atom stereocenters. The largest absolute Gasteiger partial charge is 0.376 e. The fourth-order valence-electron chi connectivity index (χ4n) is 0.379. The SMILES string of the molecule is C#CC1(O)CSC1. The predicted molar refractivity (Wildman–Crippen MR) is 31.1 cm³/mol. The van der Waals surface area contributed by atoms with E-state index in [1.54, 1.807) is 11.8 Å². The molecular weight excluding hydrogens is 108 g/mol. The van der Waals surface area contributed by atoms with Crippen molar-refractivity contribution in [3.8, 4) is 12.3 Å². The van der Waals surface area contributed by atoms with Gasteiger partial charge in [0.15, 0.2) is 0 Å². The lowest BCUT2D eigenvalue weighted by molar-refractivity contribution is 0.142. The van der Waals surface area contributed by atoms with Crippen LogP contribution in [0.4, 0.5) is 0 Å². The van der Waals surface area contributed by atoms with Crippen LogP contribution in [0.3, 0.4) is 0 Å². The van der Waals surface area contributed by atoms with Crippen molar-refractivity contribution in [2.75, 3.05) is 11.5 Å². The van der Waals surface area contributed by atoms with E-state index in [9.17, 15) is 0 Å². The molecule has 0 atom stereocenters. The summed E-state index contributed by atoms with van der Waals surface area (Å²) in [5.74, 6) is 3.74. The molecule has 38 valence electrons. The maximum atomic E-state index is 8.96. The topological polar surface area (TPSA) is 20.2 Å². The van der Waals surface area contributed by atoms with E-state index < -0.39 is 5.60 Å². The van der Waals surface area contributed by atoms with Gasteiger partial charge in [0, 0.05) is 11.5 Å². The Kier molecular flexibility index (Phi) is 1.02. The number of rotatable bonds is 0. The standard InChI is InChI=1S/C5H6OS/c1-2-5(6)3-7-4-5/h1,6H,3-4H2. The van der Waals surface area contributed by atoms with Crippen molar-refractivity contribution in [1.82, 2.24) is 0 Å². The van der Waals surface area contributed by atoms with Crippen LogP contribution in [0.1, 0.15) is 0 Å². The highest BCUT2D eigenvalue weighted by Gasteiger charge is 2.32. The molecule has 0 saturated carbocycles. The Hall–Kier alpha value is -0.130. The summed E-state index contributed by atoms with van der Waals surface area (Å²) in [6.45, 7) is 0. The third-order valence-corrected chi connectivity index (χ3v) is 2.31. The van der Waals surface area contributed by atoms with Gasteiger partial charge in [-0.3, -0.25) is 0 Å². The van der Waals surface area contributed by atoms with E-state index in [-0.39, 0.29) is 0 Å². The van der Waals surface area contributed by atoms with Gasteiger partial charge >= 0.3 is 0 Å². The normalized spacial score (nSPS) is 25.1. The molecule has 0 spiro atoms. The van der Waals surface area contributed by atoms with Crippen molar-refractivity contribution in [2.24, 2.45) is 0 Å². The molecule has 1 aliphatic rings. The van der Waals surface area contributed by atoms with Crippen molar-refractivity contribution < 1.29 is 5.11 Å². The third kappa shape index (κ3) is 0.744. The minimum atomic E-state index is -0.745. The molecule has 0 aromatic carbocycles. The average molecular weight is 114 g/mol. The molecule has 1 heterocycles. The van der Waals surface area contributed by atoms with Crippen LogP contribution < -0.4 is 0 Å².